The lowest BCUT2D eigenvalue weighted by molar-refractivity contribution is 0.415. The molecule has 0 aliphatic carbocycles. The summed E-state index contributed by atoms with van der Waals surface area (Å²) in [5.41, 5.74) is 3.62. The molecule has 0 spiro atoms. The molecule has 130 valence electrons. The average Bonchev–Trinajstić information content (AvgIpc) is 3.10. The Hall–Kier alpha value is -3.05. The first-order chi connectivity index (χ1) is 12.7. The number of para-hydroxylation sites is 1. The molecule has 0 saturated carbocycles. The fourth-order valence-corrected chi connectivity index (χ4v) is 3.18. The van der Waals surface area contributed by atoms with Crippen molar-refractivity contribution in [2.24, 2.45) is 0 Å². The molecule has 0 aliphatic rings. The minimum absolute atomic E-state index is 0.568. The fraction of sp³-hybridized carbons (Fsp3) is 0.100. The van der Waals surface area contributed by atoms with Crippen molar-refractivity contribution in [1.82, 2.24) is 14.6 Å². The maximum Gasteiger partial charge on any atom is 0.172 e. The zero-order valence-electron chi connectivity index (χ0n) is 14.3. The molecule has 0 N–H and O–H groups in total. The number of ether oxygens (including phenoxy) is 2. The number of halogens is 1. The number of aromatic nitrogens is 3. The van der Waals surface area contributed by atoms with Crippen molar-refractivity contribution in [2.45, 2.75) is 0 Å². The van der Waals surface area contributed by atoms with Gasteiger partial charge in [-0.15, -0.1) is 10.2 Å². The van der Waals surface area contributed by atoms with E-state index in [1.807, 2.05) is 65.2 Å². The lowest BCUT2D eigenvalue weighted by Crippen LogP contribution is -1.94. The molecule has 0 fully saturated rings. The molecule has 0 saturated heterocycles. The van der Waals surface area contributed by atoms with Crippen molar-refractivity contribution < 1.29 is 9.47 Å². The number of hydrogen-bond acceptors (Lipinski definition) is 4. The van der Waals surface area contributed by atoms with Gasteiger partial charge >= 0.3 is 0 Å². The maximum absolute atomic E-state index is 6.27. The molecule has 0 unspecified atom stereocenters. The Bertz CT molecular complexity index is 1090. The molecule has 2 aromatic carbocycles. The minimum atomic E-state index is 0.568. The molecular formula is C20H16ClN3O2. The van der Waals surface area contributed by atoms with Crippen LogP contribution in [-0.2, 0) is 0 Å². The maximum atomic E-state index is 6.27. The number of hydrogen-bond donors (Lipinski definition) is 0. The zero-order chi connectivity index (χ0) is 18.1. The van der Waals surface area contributed by atoms with Gasteiger partial charge in [0.25, 0.3) is 0 Å². The number of methoxy groups -OCH3 is 2. The molecule has 0 radical (unpaired) electrons. The van der Waals surface area contributed by atoms with Crippen LogP contribution in [0.4, 0.5) is 0 Å². The Morgan fingerprint density at radius 1 is 0.846 bits per heavy atom. The van der Waals surface area contributed by atoms with Gasteiger partial charge in [0.2, 0.25) is 0 Å². The van der Waals surface area contributed by atoms with Gasteiger partial charge in [-0.2, -0.15) is 0 Å². The van der Waals surface area contributed by atoms with Crippen LogP contribution < -0.4 is 9.47 Å². The molecule has 0 atom stereocenters. The van der Waals surface area contributed by atoms with Crippen LogP contribution in [0.2, 0.25) is 5.02 Å². The third-order valence-electron chi connectivity index (χ3n) is 4.24. The fourth-order valence-electron chi connectivity index (χ4n) is 2.92. The molecule has 6 heteroatoms. The SMILES string of the molecule is COc1ccc(-c2ccc3nnc(-c4ccccc4OC)n3c2)cc1Cl. The van der Waals surface area contributed by atoms with Crippen molar-refractivity contribution in [2.75, 3.05) is 14.2 Å². The van der Waals surface area contributed by atoms with Gasteiger partial charge in [0.1, 0.15) is 11.5 Å². The largest absolute Gasteiger partial charge is 0.496 e. The first-order valence-electron chi connectivity index (χ1n) is 8.03. The van der Waals surface area contributed by atoms with Gasteiger partial charge in [-0.25, -0.2) is 0 Å². The number of rotatable bonds is 4. The monoisotopic (exact) mass is 365 g/mol. The van der Waals surface area contributed by atoms with E-state index in [1.54, 1.807) is 14.2 Å². The highest BCUT2D eigenvalue weighted by molar-refractivity contribution is 6.32. The number of fused-ring (bicyclic) bond motifs is 1. The molecule has 2 aromatic heterocycles. The van der Waals surface area contributed by atoms with E-state index in [0.29, 0.717) is 10.8 Å². The summed E-state index contributed by atoms with van der Waals surface area (Å²) in [6, 6.07) is 17.4. The van der Waals surface area contributed by atoms with Gasteiger partial charge < -0.3 is 9.47 Å². The second-order valence-corrected chi connectivity index (χ2v) is 6.13. The molecule has 4 rings (SSSR count). The molecule has 5 nitrogen and oxygen atoms in total. The minimum Gasteiger partial charge on any atom is -0.496 e. The van der Waals surface area contributed by atoms with Crippen molar-refractivity contribution >= 4 is 17.2 Å². The average molecular weight is 366 g/mol. The quantitative estimate of drug-likeness (QED) is 0.524. The van der Waals surface area contributed by atoms with E-state index in [2.05, 4.69) is 10.2 Å². The van der Waals surface area contributed by atoms with Gasteiger partial charge in [-0.1, -0.05) is 29.8 Å². The molecule has 2 heterocycles. The summed E-state index contributed by atoms with van der Waals surface area (Å²) in [5, 5.41) is 9.17. The second-order valence-electron chi connectivity index (χ2n) is 5.72. The Kier molecular flexibility index (Phi) is 4.22. The molecular weight excluding hydrogens is 350 g/mol. The van der Waals surface area contributed by atoms with Crippen molar-refractivity contribution in [3.8, 4) is 34.0 Å². The highest BCUT2D eigenvalue weighted by Gasteiger charge is 2.13. The topological polar surface area (TPSA) is 48.7 Å². The highest BCUT2D eigenvalue weighted by atomic mass is 35.5. The van der Waals surface area contributed by atoms with Gasteiger partial charge in [0.05, 0.1) is 24.8 Å². The number of nitrogens with zero attached hydrogens (tertiary/aromatic N) is 3. The predicted molar refractivity (Wildman–Crippen MR) is 102 cm³/mol. The van der Waals surface area contributed by atoms with Crippen LogP contribution in [0.15, 0.2) is 60.8 Å². The van der Waals surface area contributed by atoms with Crippen LogP contribution in [0.3, 0.4) is 0 Å². The summed E-state index contributed by atoms with van der Waals surface area (Å²) in [6.45, 7) is 0. The Balaban J connectivity index is 1.86. The van der Waals surface area contributed by atoms with Gasteiger partial charge in [-0.05, 0) is 47.5 Å². The Labute approximate surface area is 155 Å². The molecule has 4 aromatic rings. The van der Waals surface area contributed by atoms with Crippen LogP contribution >= 0.6 is 11.6 Å². The Morgan fingerprint density at radius 3 is 2.38 bits per heavy atom. The summed E-state index contributed by atoms with van der Waals surface area (Å²) in [5.74, 6) is 2.12. The molecule has 0 bridgehead atoms. The van der Waals surface area contributed by atoms with Crippen molar-refractivity contribution in [1.29, 1.82) is 0 Å². The van der Waals surface area contributed by atoms with Crippen molar-refractivity contribution in [3.05, 3.63) is 65.8 Å². The van der Waals surface area contributed by atoms with Crippen LogP contribution in [-0.4, -0.2) is 28.8 Å². The normalized spacial score (nSPS) is 10.9. The van der Waals surface area contributed by atoms with Gasteiger partial charge in [-0.3, -0.25) is 4.40 Å². The first kappa shape index (κ1) is 16.4. The molecule has 26 heavy (non-hydrogen) atoms. The molecule has 0 aliphatic heterocycles. The van der Waals surface area contributed by atoms with E-state index in [0.717, 1.165) is 33.9 Å². The Morgan fingerprint density at radius 2 is 1.62 bits per heavy atom. The van der Waals surface area contributed by atoms with Crippen LogP contribution in [0.5, 0.6) is 11.5 Å². The molecule has 0 amide bonds. The zero-order valence-corrected chi connectivity index (χ0v) is 15.1. The smallest absolute Gasteiger partial charge is 0.172 e. The van der Waals surface area contributed by atoms with Gasteiger partial charge in [0, 0.05) is 6.20 Å². The number of pyridine rings is 1. The summed E-state index contributed by atoms with van der Waals surface area (Å²) in [6.07, 6.45) is 2.00. The van der Waals surface area contributed by atoms with E-state index in [1.165, 1.54) is 0 Å². The summed E-state index contributed by atoms with van der Waals surface area (Å²) in [7, 11) is 3.25. The summed E-state index contributed by atoms with van der Waals surface area (Å²) < 4.78 is 12.6. The van der Waals surface area contributed by atoms with E-state index in [4.69, 9.17) is 21.1 Å². The summed E-state index contributed by atoms with van der Waals surface area (Å²) >= 11 is 6.27. The lowest BCUT2D eigenvalue weighted by Gasteiger charge is -2.09. The van der Waals surface area contributed by atoms with Crippen LogP contribution in [0.25, 0.3) is 28.2 Å². The van der Waals surface area contributed by atoms with E-state index >= 15 is 0 Å². The van der Waals surface area contributed by atoms with Crippen molar-refractivity contribution in [3.63, 3.8) is 0 Å². The third-order valence-corrected chi connectivity index (χ3v) is 4.53. The van der Waals surface area contributed by atoms with Crippen LogP contribution in [0.1, 0.15) is 0 Å². The van der Waals surface area contributed by atoms with Crippen LogP contribution in [0, 0.1) is 0 Å². The highest BCUT2D eigenvalue weighted by Crippen LogP contribution is 2.32. The standard InChI is InChI=1S/C20H16ClN3O2/c1-25-17-6-4-3-5-15(17)20-23-22-19-10-8-14(12-24(19)20)13-7-9-18(26-2)16(21)11-13/h3-12H,1-2H3. The van der Waals surface area contributed by atoms with E-state index < -0.39 is 0 Å². The predicted octanol–water partition coefficient (Wildman–Crippen LogP) is 4.73. The first-order valence-corrected chi connectivity index (χ1v) is 8.41. The van der Waals surface area contributed by atoms with E-state index in [9.17, 15) is 0 Å². The second kappa shape index (κ2) is 6.69. The summed E-state index contributed by atoms with van der Waals surface area (Å²) in [4.78, 5) is 0. The lowest BCUT2D eigenvalue weighted by atomic mass is 10.1. The van der Waals surface area contributed by atoms with E-state index in [-0.39, 0.29) is 0 Å². The van der Waals surface area contributed by atoms with Gasteiger partial charge in [0.15, 0.2) is 11.5 Å². The third kappa shape index (κ3) is 2.76. The number of benzene rings is 2.